The molecule has 10 heavy (non-hydrogen) atoms. The first-order valence-corrected chi connectivity index (χ1v) is 3.42. The van der Waals surface area contributed by atoms with E-state index in [0.717, 1.165) is 18.4 Å². The molecule has 2 nitrogen and oxygen atoms in total. The van der Waals surface area contributed by atoms with E-state index in [1.54, 1.807) is 6.08 Å². The van der Waals surface area contributed by atoms with Crippen molar-refractivity contribution >= 4 is 5.97 Å². The standard InChI is InChI=1S/C8H8O2/c9-8-5-6-3-1-2-4-7(6)10-8/h1-2,5,7H,3-4H2. The van der Waals surface area contributed by atoms with E-state index >= 15 is 0 Å². The summed E-state index contributed by atoms with van der Waals surface area (Å²) in [6.07, 6.45) is 7.55. The minimum Gasteiger partial charge on any atom is -0.454 e. The number of allylic oxidation sites excluding steroid dienone is 1. The van der Waals surface area contributed by atoms with Gasteiger partial charge in [0.2, 0.25) is 0 Å². The third kappa shape index (κ3) is 0.764. The molecule has 0 aromatic carbocycles. The highest BCUT2D eigenvalue weighted by Gasteiger charge is 2.25. The van der Waals surface area contributed by atoms with Crippen molar-refractivity contribution in [3.8, 4) is 0 Å². The molecule has 52 valence electrons. The molecule has 0 aromatic rings. The number of esters is 1. The molecule has 0 saturated heterocycles. The molecule has 2 rings (SSSR count). The number of carbonyl (C=O) groups excluding carboxylic acids is 1. The summed E-state index contributed by atoms with van der Waals surface area (Å²) in [6, 6.07) is 0. The summed E-state index contributed by atoms with van der Waals surface area (Å²) in [5.74, 6) is -0.177. The van der Waals surface area contributed by atoms with Gasteiger partial charge in [0.1, 0.15) is 6.10 Å². The molecule has 0 N–H and O–H groups in total. The van der Waals surface area contributed by atoms with E-state index in [-0.39, 0.29) is 12.1 Å². The first-order valence-electron chi connectivity index (χ1n) is 3.42. The zero-order chi connectivity index (χ0) is 6.97. The van der Waals surface area contributed by atoms with Gasteiger partial charge in [-0.1, -0.05) is 12.2 Å². The Bertz CT molecular complexity index is 225. The quantitative estimate of drug-likeness (QED) is 0.369. The maximum atomic E-state index is 10.7. The molecule has 2 heteroatoms. The Hall–Kier alpha value is -1.05. The van der Waals surface area contributed by atoms with Gasteiger partial charge in [0.15, 0.2) is 0 Å². The van der Waals surface area contributed by atoms with Crippen molar-refractivity contribution < 1.29 is 9.53 Å². The van der Waals surface area contributed by atoms with Gasteiger partial charge in [-0.05, 0) is 12.0 Å². The van der Waals surface area contributed by atoms with Crippen LogP contribution in [0.2, 0.25) is 0 Å². The Labute approximate surface area is 59.2 Å². The summed E-state index contributed by atoms with van der Waals surface area (Å²) < 4.78 is 4.98. The fourth-order valence-electron chi connectivity index (χ4n) is 1.32. The third-order valence-corrected chi connectivity index (χ3v) is 1.85. The van der Waals surface area contributed by atoms with Crippen molar-refractivity contribution in [3.63, 3.8) is 0 Å². The van der Waals surface area contributed by atoms with Crippen LogP contribution in [0.25, 0.3) is 0 Å². The van der Waals surface area contributed by atoms with Gasteiger partial charge in [-0.15, -0.1) is 0 Å². The Balaban J connectivity index is 2.26. The van der Waals surface area contributed by atoms with Crippen LogP contribution in [0.15, 0.2) is 23.8 Å². The molecule has 1 atom stereocenters. The number of fused-ring (bicyclic) bond motifs is 1. The largest absolute Gasteiger partial charge is 0.454 e. The highest BCUT2D eigenvalue weighted by Crippen LogP contribution is 2.25. The SMILES string of the molecule is O=C1C=C2CC=CCC2O1. The first kappa shape index (κ1) is 5.71. The molecule has 0 spiro atoms. The molecular weight excluding hydrogens is 128 g/mol. The molecule has 0 saturated carbocycles. The molecule has 0 bridgehead atoms. The van der Waals surface area contributed by atoms with Crippen molar-refractivity contribution in [2.45, 2.75) is 18.9 Å². The number of hydrogen-bond donors (Lipinski definition) is 0. The summed E-state index contributed by atoms with van der Waals surface area (Å²) in [5.41, 5.74) is 1.13. The molecule has 1 aliphatic carbocycles. The first-order chi connectivity index (χ1) is 4.86. The lowest BCUT2D eigenvalue weighted by Gasteiger charge is -2.13. The van der Waals surface area contributed by atoms with Crippen LogP contribution in [0.4, 0.5) is 0 Å². The highest BCUT2D eigenvalue weighted by molar-refractivity contribution is 5.86. The number of hydrogen-bond acceptors (Lipinski definition) is 2. The predicted octanol–water partition coefficient (Wildman–Crippen LogP) is 1.19. The van der Waals surface area contributed by atoms with Crippen LogP contribution in [0.1, 0.15) is 12.8 Å². The molecule has 0 fully saturated rings. The lowest BCUT2D eigenvalue weighted by Crippen LogP contribution is -2.12. The van der Waals surface area contributed by atoms with Crippen LogP contribution >= 0.6 is 0 Å². The summed E-state index contributed by atoms with van der Waals surface area (Å²) in [6.45, 7) is 0. The Kier molecular flexibility index (Phi) is 1.13. The predicted molar refractivity (Wildman–Crippen MR) is 36.3 cm³/mol. The summed E-state index contributed by atoms with van der Waals surface area (Å²) in [4.78, 5) is 10.7. The Morgan fingerprint density at radius 1 is 1.50 bits per heavy atom. The number of carbonyl (C=O) groups is 1. The van der Waals surface area contributed by atoms with Gasteiger partial charge in [-0.2, -0.15) is 0 Å². The Morgan fingerprint density at radius 3 is 3.20 bits per heavy atom. The molecule has 0 amide bonds. The van der Waals surface area contributed by atoms with Crippen LogP contribution in [-0.4, -0.2) is 12.1 Å². The molecule has 1 aliphatic heterocycles. The smallest absolute Gasteiger partial charge is 0.331 e. The van der Waals surface area contributed by atoms with E-state index in [4.69, 9.17) is 4.74 Å². The second-order valence-electron chi connectivity index (χ2n) is 2.56. The highest BCUT2D eigenvalue weighted by atomic mass is 16.5. The lowest BCUT2D eigenvalue weighted by molar-refractivity contribution is -0.138. The summed E-state index contributed by atoms with van der Waals surface area (Å²) in [5, 5.41) is 0. The average Bonchev–Trinajstić information content (AvgIpc) is 2.27. The molecule has 0 aromatic heterocycles. The Morgan fingerprint density at radius 2 is 2.40 bits per heavy atom. The van der Waals surface area contributed by atoms with E-state index in [0.29, 0.717) is 0 Å². The van der Waals surface area contributed by atoms with Crippen LogP contribution in [0.5, 0.6) is 0 Å². The fourth-order valence-corrected chi connectivity index (χ4v) is 1.32. The average molecular weight is 136 g/mol. The van der Waals surface area contributed by atoms with E-state index in [2.05, 4.69) is 12.2 Å². The van der Waals surface area contributed by atoms with Gasteiger partial charge in [0, 0.05) is 12.5 Å². The van der Waals surface area contributed by atoms with E-state index in [9.17, 15) is 4.79 Å². The maximum Gasteiger partial charge on any atom is 0.331 e. The maximum absolute atomic E-state index is 10.7. The lowest BCUT2D eigenvalue weighted by atomic mass is 9.99. The van der Waals surface area contributed by atoms with Crippen LogP contribution in [0.3, 0.4) is 0 Å². The van der Waals surface area contributed by atoms with Crippen LogP contribution in [0, 0.1) is 0 Å². The minimum absolute atomic E-state index is 0.0671. The summed E-state index contributed by atoms with van der Waals surface area (Å²) >= 11 is 0. The molecule has 0 radical (unpaired) electrons. The van der Waals surface area contributed by atoms with Gasteiger partial charge < -0.3 is 4.74 Å². The van der Waals surface area contributed by atoms with Crippen LogP contribution < -0.4 is 0 Å². The van der Waals surface area contributed by atoms with Crippen molar-refractivity contribution in [2.24, 2.45) is 0 Å². The van der Waals surface area contributed by atoms with E-state index in [1.165, 1.54) is 0 Å². The number of rotatable bonds is 0. The molecular formula is C8H8O2. The van der Waals surface area contributed by atoms with Gasteiger partial charge >= 0.3 is 5.97 Å². The van der Waals surface area contributed by atoms with Gasteiger partial charge in [0.05, 0.1) is 0 Å². The van der Waals surface area contributed by atoms with Gasteiger partial charge in [-0.3, -0.25) is 0 Å². The van der Waals surface area contributed by atoms with Crippen LogP contribution in [-0.2, 0) is 9.53 Å². The topological polar surface area (TPSA) is 26.3 Å². The van der Waals surface area contributed by atoms with Gasteiger partial charge in [0.25, 0.3) is 0 Å². The normalized spacial score (nSPS) is 29.4. The molecule has 1 heterocycles. The van der Waals surface area contributed by atoms with Crippen molar-refractivity contribution in [2.75, 3.05) is 0 Å². The summed E-state index contributed by atoms with van der Waals surface area (Å²) in [7, 11) is 0. The fraction of sp³-hybridized carbons (Fsp3) is 0.375. The molecule has 2 aliphatic rings. The minimum atomic E-state index is -0.177. The van der Waals surface area contributed by atoms with E-state index in [1.807, 2.05) is 0 Å². The van der Waals surface area contributed by atoms with E-state index < -0.39 is 0 Å². The van der Waals surface area contributed by atoms with Crippen molar-refractivity contribution in [1.29, 1.82) is 0 Å². The monoisotopic (exact) mass is 136 g/mol. The van der Waals surface area contributed by atoms with Crippen molar-refractivity contribution in [1.82, 2.24) is 0 Å². The zero-order valence-electron chi connectivity index (χ0n) is 5.54. The third-order valence-electron chi connectivity index (χ3n) is 1.85. The second-order valence-corrected chi connectivity index (χ2v) is 2.56. The zero-order valence-corrected chi connectivity index (χ0v) is 5.54. The second kappa shape index (κ2) is 1.97. The number of ether oxygens (including phenoxy) is 1. The van der Waals surface area contributed by atoms with Gasteiger partial charge in [-0.25, -0.2) is 4.79 Å². The van der Waals surface area contributed by atoms with Crippen molar-refractivity contribution in [3.05, 3.63) is 23.8 Å². The molecule has 1 unspecified atom stereocenters.